The molecule has 0 saturated heterocycles. The Labute approximate surface area is 151 Å². The Morgan fingerprint density at radius 1 is 1.25 bits per heavy atom. The van der Waals surface area contributed by atoms with Crippen molar-refractivity contribution in [1.82, 2.24) is 5.32 Å². The van der Waals surface area contributed by atoms with E-state index in [0.717, 1.165) is 24.2 Å². The van der Waals surface area contributed by atoms with E-state index in [4.69, 9.17) is 10.5 Å². The third-order valence-electron chi connectivity index (χ3n) is 4.43. The number of benzene rings is 1. The van der Waals surface area contributed by atoms with Crippen molar-refractivity contribution >= 4 is 18.3 Å². The lowest BCUT2D eigenvalue weighted by Crippen LogP contribution is -2.45. The van der Waals surface area contributed by atoms with Crippen LogP contribution in [0.25, 0.3) is 0 Å². The lowest BCUT2D eigenvalue weighted by atomic mass is 9.84. The molecule has 1 amide bonds. The van der Waals surface area contributed by atoms with Crippen LogP contribution < -0.4 is 15.8 Å². The fourth-order valence-electron chi connectivity index (χ4n) is 3.09. The average Bonchev–Trinajstić information content (AvgIpc) is 2.54. The van der Waals surface area contributed by atoms with Crippen LogP contribution in [0.5, 0.6) is 5.75 Å². The van der Waals surface area contributed by atoms with Crippen molar-refractivity contribution in [1.29, 1.82) is 0 Å². The third-order valence-corrected chi connectivity index (χ3v) is 4.43. The molecule has 0 heterocycles. The summed E-state index contributed by atoms with van der Waals surface area (Å²) in [7, 11) is 0. The highest BCUT2D eigenvalue weighted by Crippen LogP contribution is 2.23. The molecule has 0 aliphatic heterocycles. The topological polar surface area (TPSA) is 64.3 Å². The molecule has 5 heteroatoms. The molecule has 0 radical (unpaired) electrons. The normalized spacial score (nSPS) is 20.3. The Bertz CT molecular complexity index is 491. The Morgan fingerprint density at radius 2 is 1.92 bits per heavy atom. The molecule has 0 aromatic heterocycles. The highest BCUT2D eigenvalue weighted by atomic mass is 35.5. The van der Waals surface area contributed by atoms with Crippen LogP contribution in [0, 0.1) is 11.8 Å². The number of carbonyl (C=O) groups is 1. The second kappa shape index (κ2) is 10.6. The number of amides is 1. The van der Waals surface area contributed by atoms with Gasteiger partial charge in [0.2, 0.25) is 5.91 Å². The molecule has 136 valence electrons. The van der Waals surface area contributed by atoms with E-state index in [9.17, 15) is 4.79 Å². The summed E-state index contributed by atoms with van der Waals surface area (Å²) in [6, 6.07) is 8.06. The molecule has 3 N–H and O–H groups in total. The summed E-state index contributed by atoms with van der Waals surface area (Å²) in [5.41, 5.74) is 6.84. The van der Waals surface area contributed by atoms with Crippen LogP contribution in [0.1, 0.15) is 45.1 Å². The van der Waals surface area contributed by atoms with E-state index in [2.05, 4.69) is 19.2 Å². The predicted molar refractivity (Wildman–Crippen MR) is 101 cm³/mol. The van der Waals surface area contributed by atoms with Crippen LogP contribution in [-0.2, 0) is 11.2 Å². The zero-order valence-electron chi connectivity index (χ0n) is 14.8. The molecule has 1 aromatic rings. The molecule has 2 rings (SSSR count). The molecule has 0 spiro atoms. The van der Waals surface area contributed by atoms with Gasteiger partial charge in [0.15, 0.2) is 0 Å². The minimum absolute atomic E-state index is 0. The lowest BCUT2D eigenvalue weighted by Gasteiger charge is -2.31. The van der Waals surface area contributed by atoms with Crippen molar-refractivity contribution in [3.05, 3.63) is 29.8 Å². The SMILES string of the molecule is CC(C)COc1ccc(CC(=O)NC2CCCCC2CN)cc1.Cl. The van der Waals surface area contributed by atoms with Crippen molar-refractivity contribution in [3.63, 3.8) is 0 Å². The number of hydrogen-bond donors (Lipinski definition) is 2. The van der Waals surface area contributed by atoms with Gasteiger partial charge in [-0.15, -0.1) is 12.4 Å². The van der Waals surface area contributed by atoms with E-state index in [1.54, 1.807) is 0 Å². The first-order valence-electron chi connectivity index (χ1n) is 8.79. The molecule has 1 aliphatic carbocycles. The smallest absolute Gasteiger partial charge is 0.224 e. The van der Waals surface area contributed by atoms with Crippen molar-refractivity contribution < 1.29 is 9.53 Å². The number of nitrogens with one attached hydrogen (secondary N) is 1. The summed E-state index contributed by atoms with van der Waals surface area (Å²) >= 11 is 0. The van der Waals surface area contributed by atoms with Crippen molar-refractivity contribution in [3.8, 4) is 5.75 Å². The molecule has 1 saturated carbocycles. The van der Waals surface area contributed by atoms with Gasteiger partial charge in [0, 0.05) is 6.04 Å². The van der Waals surface area contributed by atoms with Gasteiger partial charge in [-0.2, -0.15) is 0 Å². The molecule has 0 bridgehead atoms. The second-order valence-electron chi connectivity index (χ2n) is 6.98. The number of halogens is 1. The van der Waals surface area contributed by atoms with Crippen LogP contribution in [0.4, 0.5) is 0 Å². The molecule has 2 atom stereocenters. The van der Waals surface area contributed by atoms with Crippen molar-refractivity contribution in [2.75, 3.05) is 13.2 Å². The molecule has 1 fully saturated rings. The molecular weight excluding hydrogens is 324 g/mol. The minimum Gasteiger partial charge on any atom is -0.493 e. The highest BCUT2D eigenvalue weighted by Gasteiger charge is 2.25. The molecule has 1 aromatic carbocycles. The van der Waals surface area contributed by atoms with Crippen LogP contribution in [-0.4, -0.2) is 25.1 Å². The first kappa shape index (κ1) is 20.8. The summed E-state index contributed by atoms with van der Waals surface area (Å²) < 4.78 is 5.66. The van der Waals surface area contributed by atoms with Crippen molar-refractivity contribution in [2.24, 2.45) is 17.6 Å². The van der Waals surface area contributed by atoms with Gasteiger partial charge in [-0.1, -0.05) is 38.8 Å². The van der Waals surface area contributed by atoms with E-state index in [0.29, 0.717) is 31.4 Å². The number of hydrogen-bond acceptors (Lipinski definition) is 3. The van der Waals surface area contributed by atoms with Crippen LogP contribution >= 0.6 is 12.4 Å². The summed E-state index contributed by atoms with van der Waals surface area (Å²) in [4.78, 5) is 12.3. The second-order valence-corrected chi connectivity index (χ2v) is 6.98. The fraction of sp³-hybridized carbons (Fsp3) is 0.632. The Morgan fingerprint density at radius 3 is 2.54 bits per heavy atom. The summed E-state index contributed by atoms with van der Waals surface area (Å²) in [6.45, 7) is 5.62. The van der Waals surface area contributed by atoms with Gasteiger partial charge in [-0.3, -0.25) is 4.79 Å². The summed E-state index contributed by atoms with van der Waals surface area (Å²) in [5.74, 6) is 1.88. The number of carbonyl (C=O) groups excluding carboxylic acids is 1. The summed E-state index contributed by atoms with van der Waals surface area (Å²) in [6.07, 6.45) is 5.01. The maximum Gasteiger partial charge on any atom is 0.224 e. The van der Waals surface area contributed by atoms with Crippen molar-refractivity contribution in [2.45, 2.75) is 52.0 Å². The average molecular weight is 355 g/mol. The van der Waals surface area contributed by atoms with E-state index in [-0.39, 0.29) is 24.4 Å². The monoisotopic (exact) mass is 354 g/mol. The maximum absolute atomic E-state index is 12.3. The minimum atomic E-state index is 0. The van der Waals surface area contributed by atoms with Crippen LogP contribution in [0.3, 0.4) is 0 Å². The number of nitrogens with two attached hydrogens (primary N) is 1. The van der Waals surface area contributed by atoms with Gasteiger partial charge in [-0.25, -0.2) is 0 Å². The van der Waals surface area contributed by atoms with E-state index < -0.39 is 0 Å². The van der Waals surface area contributed by atoms with Gasteiger partial charge in [0.1, 0.15) is 5.75 Å². The molecular formula is C19H31ClN2O2. The van der Waals surface area contributed by atoms with Gasteiger partial charge in [-0.05, 0) is 48.9 Å². The van der Waals surface area contributed by atoms with Gasteiger partial charge in [0.25, 0.3) is 0 Å². The first-order chi connectivity index (χ1) is 11.1. The number of rotatable bonds is 7. The Kier molecular flexibility index (Phi) is 9.16. The first-order valence-corrected chi connectivity index (χ1v) is 8.79. The van der Waals surface area contributed by atoms with Gasteiger partial charge in [0.05, 0.1) is 13.0 Å². The molecule has 24 heavy (non-hydrogen) atoms. The largest absolute Gasteiger partial charge is 0.493 e. The van der Waals surface area contributed by atoms with Gasteiger partial charge >= 0.3 is 0 Å². The Hall–Kier alpha value is -1.26. The maximum atomic E-state index is 12.3. The summed E-state index contributed by atoms with van der Waals surface area (Å²) in [5, 5.41) is 3.17. The quantitative estimate of drug-likeness (QED) is 0.789. The zero-order chi connectivity index (χ0) is 16.7. The molecule has 1 aliphatic rings. The van der Waals surface area contributed by atoms with Crippen LogP contribution in [0.15, 0.2) is 24.3 Å². The lowest BCUT2D eigenvalue weighted by molar-refractivity contribution is -0.121. The standard InChI is InChI=1S/C19H30N2O2.ClH/c1-14(2)13-23-17-9-7-15(8-10-17)11-19(22)21-18-6-4-3-5-16(18)12-20;/h7-10,14,16,18H,3-6,11-13,20H2,1-2H3,(H,21,22);1H. The zero-order valence-corrected chi connectivity index (χ0v) is 15.6. The number of ether oxygens (including phenoxy) is 1. The van der Waals surface area contributed by atoms with E-state index in [1.165, 1.54) is 12.8 Å². The Balaban J connectivity index is 0.00000288. The van der Waals surface area contributed by atoms with Crippen LogP contribution in [0.2, 0.25) is 0 Å². The van der Waals surface area contributed by atoms with E-state index >= 15 is 0 Å². The third kappa shape index (κ3) is 6.70. The van der Waals surface area contributed by atoms with Gasteiger partial charge < -0.3 is 15.8 Å². The molecule has 2 unspecified atom stereocenters. The highest BCUT2D eigenvalue weighted by molar-refractivity contribution is 5.85. The predicted octanol–water partition coefficient (Wildman–Crippen LogP) is 3.32. The molecule has 4 nitrogen and oxygen atoms in total. The fourth-order valence-corrected chi connectivity index (χ4v) is 3.09. The van der Waals surface area contributed by atoms with E-state index in [1.807, 2.05) is 24.3 Å².